The minimum atomic E-state index is -3.49. The highest BCUT2D eigenvalue weighted by atomic mass is 32.2. The van der Waals surface area contributed by atoms with Crippen LogP contribution in [-0.4, -0.2) is 48.5 Å². The fraction of sp³-hybridized carbons (Fsp3) is 0.636. The lowest BCUT2D eigenvalue weighted by Crippen LogP contribution is -2.57. The summed E-state index contributed by atoms with van der Waals surface area (Å²) in [5.74, 6) is -0.420. The maximum Gasteiger partial charge on any atom is 0.231 e. The monoisotopic (exact) mass is 513 g/mol. The highest BCUT2D eigenvalue weighted by Crippen LogP contribution is 2.62. The number of hydrogen-bond donors (Lipinski definition) is 4. The predicted molar refractivity (Wildman–Crippen MR) is 130 cm³/mol. The average molecular weight is 514 g/mol. The molecule has 1 fully saturated rings. The van der Waals surface area contributed by atoms with Gasteiger partial charge in [0, 0.05) is 27.5 Å². The average Bonchev–Trinajstić information content (AvgIpc) is 3.39. The van der Waals surface area contributed by atoms with Crippen LogP contribution < -0.4 is 10.0 Å². The number of nitrogens with one attached hydrogen (secondary N) is 2. The largest absolute Gasteiger partial charge is 0.396 e. The van der Waals surface area contributed by atoms with Crippen LogP contribution in [0.4, 0.5) is 5.13 Å². The molecule has 182 valence electrons. The van der Waals surface area contributed by atoms with Gasteiger partial charge in [0.05, 0.1) is 31.2 Å². The van der Waals surface area contributed by atoms with E-state index in [-0.39, 0.29) is 36.2 Å². The molecule has 2 aliphatic rings. The van der Waals surface area contributed by atoms with Crippen molar-refractivity contribution >= 4 is 43.7 Å². The van der Waals surface area contributed by atoms with Gasteiger partial charge in [0.25, 0.3) is 0 Å². The number of aliphatic hydroxyl groups excluding tert-OH is 2. The Morgan fingerprint density at radius 2 is 2.12 bits per heavy atom. The first-order chi connectivity index (χ1) is 15.5. The molecular weight excluding hydrogens is 482 g/mol. The number of thiophene rings is 1. The highest BCUT2D eigenvalue weighted by Gasteiger charge is 2.59. The van der Waals surface area contributed by atoms with Crippen LogP contribution in [0.25, 0.3) is 0 Å². The number of aliphatic hydroxyl groups is 2. The van der Waals surface area contributed by atoms with E-state index in [4.69, 9.17) is 0 Å². The lowest BCUT2D eigenvalue weighted by molar-refractivity contribution is -0.144. The van der Waals surface area contributed by atoms with E-state index in [1.54, 1.807) is 11.3 Å². The van der Waals surface area contributed by atoms with Crippen LogP contribution in [-0.2, 0) is 27.8 Å². The van der Waals surface area contributed by atoms with Gasteiger partial charge in [-0.05, 0) is 42.0 Å². The lowest BCUT2D eigenvalue weighted by atomic mass is 9.47. The zero-order valence-electron chi connectivity index (χ0n) is 19.0. The summed E-state index contributed by atoms with van der Waals surface area (Å²) < 4.78 is 26.1. The van der Waals surface area contributed by atoms with Gasteiger partial charge in [-0.1, -0.05) is 19.9 Å². The molecule has 1 amide bonds. The zero-order valence-corrected chi connectivity index (χ0v) is 21.4. The number of nitrogens with zero attached hydrogens (tertiary/aromatic N) is 1. The van der Waals surface area contributed by atoms with E-state index in [1.807, 2.05) is 24.4 Å². The van der Waals surface area contributed by atoms with Crippen molar-refractivity contribution in [1.29, 1.82) is 0 Å². The Bertz CT molecular complexity index is 1120. The Kier molecular flexibility index (Phi) is 6.65. The van der Waals surface area contributed by atoms with E-state index < -0.39 is 21.5 Å². The van der Waals surface area contributed by atoms with Crippen molar-refractivity contribution in [1.82, 2.24) is 10.3 Å². The minimum absolute atomic E-state index is 0.0760. The Morgan fingerprint density at radius 3 is 2.76 bits per heavy atom. The van der Waals surface area contributed by atoms with Gasteiger partial charge in [-0.25, -0.2) is 13.4 Å². The molecule has 0 bridgehead atoms. The van der Waals surface area contributed by atoms with Crippen molar-refractivity contribution in [2.45, 2.75) is 58.1 Å². The van der Waals surface area contributed by atoms with Crippen molar-refractivity contribution in [2.24, 2.45) is 16.7 Å². The quantitative estimate of drug-likeness (QED) is 0.451. The molecule has 8 nitrogen and oxygen atoms in total. The first kappa shape index (κ1) is 24.6. The second kappa shape index (κ2) is 8.92. The summed E-state index contributed by atoms with van der Waals surface area (Å²) in [6.45, 7) is 4.34. The van der Waals surface area contributed by atoms with Crippen LogP contribution in [0.2, 0.25) is 0 Å². The van der Waals surface area contributed by atoms with Crippen molar-refractivity contribution < 1.29 is 23.4 Å². The molecule has 4 N–H and O–H groups in total. The Morgan fingerprint density at radius 1 is 1.36 bits per heavy atom. The van der Waals surface area contributed by atoms with Crippen LogP contribution in [0.15, 0.2) is 17.5 Å². The summed E-state index contributed by atoms with van der Waals surface area (Å²) in [7, 11) is -3.49. The number of carbonyl (C=O) groups is 1. The Hall–Kier alpha value is -1.53. The van der Waals surface area contributed by atoms with E-state index in [2.05, 4.69) is 21.9 Å². The van der Waals surface area contributed by atoms with E-state index >= 15 is 0 Å². The van der Waals surface area contributed by atoms with Crippen LogP contribution in [0, 0.1) is 16.7 Å². The van der Waals surface area contributed by atoms with E-state index in [0.29, 0.717) is 30.9 Å². The minimum Gasteiger partial charge on any atom is -0.396 e. The fourth-order valence-corrected chi connectivity index (χ4v) is 8.25. The second-order valence-electron chi connectivity index (χ2n) is 9.80. The van der Waals surface area contributed by atoms with Gasteiger partial charge in [0.2, 0.25) is 15.9 Å². The normalized spacial score (nSPS) is 31.5. The summed E-state index contributed by atoms with van der Waals surface area (Å²) in [4.78, 5) is 19.6. The first-order valence-electron chi connectivity index (χ1n) is 11.0. The van der Waals surface area contributed by atoms with Gasteiger partial charge in [-0.2, -0.15) is 0 Å². The molecule has 2 heterocycles. The van der Waals surface area contributed by atoms with Crippen molar-refractivity contribution in [2.75, 3.05) is 17.6 Å². The number of thiazole rings is 1. The third-order valence-electron chi connectivity index (χ3n) is 7.60. The maximum atomic E-state index is 13.0. The SMILES string of the molecule is CC1(CO)C(O)CCC2(C)C(CC(=O)NCc3cccs3)c3nc(NS(C)(=O)=O)sc3CC12. The van der Waals surface area contributed by atoms with E-state index in [0.717, 1.165) is 21.7 Å². The van der Waals surface area contributed by atoms with Crippen LogP contribution in [0.5, 0.6) is 0 Å². The summed E-state index contributed by atoms with van der Waals surface area (Å²) in [5.41, 5.74) is -0.335. The number of rotatable bonds is 7. The van der Waals surface area contributed by atoms with Crippen LogP contribution in [0.1, 0.15) is 54.5 Å². The summed E-state index contributed by atoms with van der Waals surface area (Å²) in [6, 6.07) is 3.92. The van der Waals surface area contributed by atoms with Gasteiger partial charge in [-0.15, -0.1) is 22.7 Å². The number of anilines is 1. The summed E-state index contributed by atoms with van der Waals surface area (Å²) in [6.07, 6.45) is 2.47. The molecule has 2 aromatic heterocycles. The third-order valence-corrected chi connectivity index (χ3v) is 10.2. The number of amides is 1. The zero-order chi connectivity index (χ0) is 24.0. The molecule has 0 radical (unpaired) electrons. The van der Waals surface area contributed by atoms with Crippen molar-refractivity contribution in [3.63, 3.8) is 0 Å². The Labute approximate surface area is 202 Å². The predicted octanol–water partition coefficient (Wildman–Crippen LogP) is 2.70. The standard InChI is InChI=1S/C22H31N3O5S3/c1-21-7-6-17(27)22(2,12-26)16(21)10-15-19(24-20(32-15)25-33(3,29)30)14(21)9-18(28)23-11-13-5-4-8-31-13/h4-5,8,14,16-17,26-27H,6-7,9-12H2,1-3H3,(H,23,28)(H,24,25). The molecule has 0 aliphatic heterocycles. The third kappa shape index (κ3) is 4.70. The molecule has 11 heteroatoms. The topological polar surface area (TPSA) is 129 Å². The van der Waals surface area contributed by atoms with Crippen LogP contribution >= 0.6 is 22.7 Å². The van der Waals surface area contributed by atoms with Gasteiger partial charge >= 0.3 is 0 Å². The Balaban J connectivity index is 1.69. The van der Waals surface area contributed by atoms with E-state index in [1.165, 1.54) is 11.3 Å². The van der Waals surface area contributed by atoms with Gasteiger partial charge < -0.3 is 15.5 Å². The number of fused-ring (bicyclic) bond motifs is 2. The van der Waals surface area contributed by atoms with Crippen molar-refractivity contribution in [3.8, 4) is 0 Å². The number of aromatic nitrogens is 1. The summed E-state index contributed by atoms with van der Waals surface area (Å²) in [5, 5.41) is 26.4. The molecule has 0 saturated heterocycles. The molecule has 0 aromatic carbocycles. The molecule has 1 saturated carbocycles. The van der Waals surface area contributed by atoms with Gasteiger partial charge in [-0.3, -0.25) is 9.52 Å². The first-order valence-corrected chi connectivity index (χ1v) is 14.6. The highest BCUT2D eigenvalue weighted by molar-refractivity contribution is 7.92. The van der Waals surface area contributed by atoms with Crippen molar-refractivity contribution in [3.05, 3.63) is 33.0 Å². The molecule has 33 heavy (non-hydrogen) atoms. The molecule has 5 unspecified atom stereocenters. The van der Waals surface area contributed by atoms with Crippen LogP contribution in [0.3, 0.4) is 0 Å². The maximum absolute atomic E-state index is 13.0. The number of hydrogen-bond acceptors (Lipinski definition) is 8. The molecule has 4 rings (SSSR count). The summed E-state index contributed by atoms with van der Waals surface area (Å²) >= 11 is 2.86. The van der Waals surface area contributed by atoms with Gasteiger partial charge in [0.1, 0.15) is 0 Å². The lowest BCUT2D eigenvalue weighted by Gasteiger charge is -2.58. The molecule has 5 atom stereocenters. The molecule has 2 aliphatic carbocycles. The number of carbonyl (C=O) groups excluding carboxylic acids is 1. The molecule has 0 spiro atoms. The molecule has 2 aromatic rings. The van der Waals surface area contributed by atoms with Gasteiger partial charge in [0.15, 0.2) is 5.13 Å². The fourth-order valence-electron chi connectivity index (χ4n) is 5.70. The molecular formula is C22H31N3O5S3. The van der Waals surface area contributed by atoms with E-state index in [9.17, 15) is 23.4 Å². The number of sulfonamides is 1. The second-order valence-corrected chi connectivity index (χ2v) is 13.7. The smallest absolute Gasteiger partial charge is 0.231 e.